The van der Waals surface area contributed by atoms with Crippen LogP contribution in [0.5, 0.6) is 0 Å². The SMILES string of the molecule is O=Cc1c(-c2cccnc2)sc2cncn12. The minimum Gasteiger partial charge on any atom is -0.296 e. The quantitative estimate of drug-likeness (QED) is 0.633. The lowest BCUT2D eigenvalue weighted by Gasteiger charge is -1.96. The zero-order chi connectivity index (χ0) is 11.0. The molecule has 0 N–H and O–H groups in total. The standard InChI is InChI=1S/C11H7N3OS/c15-6-9-11(8-2-1-3-12-4-8)16-10-5-13-7-14(9)10/h1-7H. The van der Waals surface area contributed by atoms with Gasteiger partial charge in [-0.1, -0.05) is 6.07 Å². The number of hydrogen-bond donors (Lipinski definition) is 0. The average molecular weight is 229 g/mol. The molecule has 0 aliphatic heterocycles. The Balaban J connectivity index is 2.31. The monoisotopic (exact) mass is 229 g/mol. The molecular formula is C11H7N3OS. The van der Waals surface area contributed by atoms with E-state index in [9.17, 15) is 4.79 Å². The van der Waals surface area contributed by atoms with Crippen molar-refractivity contribution in [2.75, 3.05) is 0 Å². The molecule has 3 rings (SSSR count). The van der Waals surface area contributed by atoms with E-state index in [2.05, 4.69) is 9.97 Å². The molecule has 0 aromatic carbocycles. The largest absolute Gasteiger partial charge is 0.296 e. The van der Waals surface area contributed by atoms with Crippen LogP contribution in [0.3, 0.4) is 0 Å². The van der Waals surface area contributed by atoms with Crippen LogP contribution < -0.4 is 0 Å². The minimum absolute atomic E-state index is 0.630. The number of nitrogens with zero attached hydrogens (tertiary/aromatic N) is 3. The molecule has 0 aliphatic carbocycles. The molecule has 0 bridgehead atoms. The summed E-state index contributed by atoms with van der Waals surface area (Å²) in [6, 6.07) is 3.80. The molecule has 3 aromatic heterocycles. The third kappa shape index (κ3) is 1.25. The molecule has 78 valence electrons. The van der Waals surface area contributed by atoms with Gasteiger partial charge in [-0.15, -0.1) is 11.3 Å². The maximum absolute atomic E-state index is 11.1. The highest BCUT2D eigenvalue weighted by atomic mass is 32.1. The van der Waals surface area contributed by atoms with Gasteiger partial charge in [0.2, 0.25) is 0 Å². The van der Waals surface area contributed by atoms with Crippen molar-refractivity contribution in [3.63, 3.8) is 0 Å². The lowest BCUT2D eigenvalue weighted by atomic mass is 10.2. The van der Waals surface area contributed by atoms with Crippen molar-refractivity contribution in [1.82, 2.24) is 14.4 Å². The minimum atomic E-state index is 0.630. The summed E-state index contributed by atoms with van der Waals surface area (Å²) in [4.78, 5) is 21.1. The van der Waals surface area contributed by atoms with E-state index in [-0.39, 0.29) is 0 Å². The highest BCUT2D eigenvalue weighted by Crippen LogP contribution is 2.31. The number of hydrogen-bond acceptors (Lipinski definition) is 4. The Morgan fingerprint density at radius 2 is 2.25 bits per heavy atom. The fourth-order valence-corrected chi connectivity index (χ4v) is 2.68. The molecule has 0 atom stereocenters. The fourth-order valence-electron chi connectivity index (χ4n) is 1.62. The molecule has 3 heterocycles. The van der Waals surface area contributed by atoms with Crippen LogP contribution in [0.25, 0.3) is 15.3 Å². The third-order valence-corrected chi connectivity index (χ3v) is 3.50. The molecule has 16 heavy (non-hydrogen) atoms. The van der Waals surface area contributed by atoms with Crippen LogP contribution in [0, 0.1) is 0 Å². The van der Waals surface area contributed by atoms with Gasteiger partial charge in [-0.3, -0.25) is 14.2 Å². The Kier molecular flexibility index (Phi) is 2.04. The third-order valence-electron chi connectivity index (χ3n) is 2.34. The van der Waals surface area contributed by atoms with Gasteiger partial charge in [-0.25, -0.2) is 4.98 Å². The van der Waals surface area contributed by atoms with E-state index in [0.29, 0.717) is 5.69 Å². The molecule has 0 spiro atoms. The van der Waals surface area contributed by atoms with Gasteiger partial charge in [0.1, 0.15) is 16.9 Å². The second-order valence-electron chi connectivity index (χ2n) is 3.28. The Bertz CT molecular complexity index is 642. The van der Waals surface area contributed by atoms with E-state index in [0.717, 1.165) is 21.6 Å². The van der Waals surface area contributed by atoms with Crippen molar-refractivity contribution >= 4 is 22.5 Å². The van der Waals surface area contributed by atoms with E-state index in [1.165, 1.54) is 11.3 Å². The first-order valence-electron chi connectivity index (χ1n) is 4.70. The van der Waals surface area contributed by atoms with Gasteiger partial charge in [-0.05, 0) is 6.07 Å². The average Bonchev–Trinajstić information content (AvgIpc) is 2.89. The van der Waals surface area contributed by atoms with Crippen LogP contribution in [0.4, 0.5) is 0 Å². The van der Waals surface area contributed by atoms with Gasteiger partial charge in [0.05, 0.1) is 11.1 Å². The first kappa shape index (κ1) is 9.23. The van der Waals surface area contributed by atoms with E-state index >= 15 is 0 Å². The van der Waals surface area contributed by atoms with Gasteiger partial charge in [0.25, 0.3) is 0 Å². The lowest BCUT2D eigenvalue weighted by Crippen LogP contribution is -1.89. The topological polar surface area (TPSA) is 47.3 Å². The number of fused-ring (bicyclic) bond motifs is 1. The van der Waals surface area contributed by atoms with E-state index in [4.69, 9.17) is 0 Å². The first-order chi connectivity index (χ1) is 7.90. The van der Waals surface area contributed by atoms with Gasteiger partial charge >= 0.3 is 0 Å². The summed E-state index contributed by atoms with van der Waals surface area (Å²) in [5.41, 5.74) is 1.59. The Morgan fingerprint density at radius 1 is 1.31 bits per heavy atom. The molecule has 0 aliphatic rings. The van der Waals surface area contributed by atoms with Crippen LogP contribution >= 0.6 is 11.3 Å². The summed E-state index contributed by atoms with van der Waals surface area (Å²) in [5, 5.41) is 0. The smallest absolute Gasteiger partial charge is 0.168 e. The van der Waals surface area contributed by atoms with Crippen LogP contribution in [-0.4, -0.2) is 20.7 Å². The summed E-state index contributed by atoms with van der Waals surface area (Å²) >= 11 is 1.54. The Hall–Kier alpha value is -2.01. The molecule has 0 saturated carbocycles. The molecule has 0 saturated heterocycles. The van der Waals surface area contributed by atoms with Crippen LogP contribution in [-0.2, 0) is 0 Å². The van der Waals surface area contributed by atoms with Crippen molar-refractivity contribution in [3.05, 3.63) is 42.7 Å². The van der Waals surface area contributed by atoms with E-state index < -0.39 is 0 Å². The maximum atomic E-state index is 11.1. The highest BCUT2D eigenvalue weighted by Gasteiger charge is 2.12. The van der Waals surface area contributed by atoms with Crippen molar-refractivity contribution in [1.29, 1.82) is 0 Å². The number of imidazole rings is 1. The summed E-state index contributed by atoms with van der Waals surface area (Å²) in [6.07, 6.45) is 7.72. The molecule has 3 aromatic rings. The number of rotatable bonds is 2. The van der Waals surface area contributed by atoms with Gasteiger partial charge in [0.15, 0.2) is 6.29 Å². The number of pyridine rings is 1. The second-order valence-corrected chi connectivity index (χ2v) is 4.31. The molecule has 0 radical (unpaired) electrons. The highest BCUT2D eigenvalue weighted by molar-refractivity contribution is 7.21. The first-order valence-corrected chi connectivity index (χ1v) is 5.52. The Labute approximate surface area is 95.2 Å². The summed E-state index contributed by atoms with van der Waals surface area (Å²) in [6.45, 7) is 0. The van der Waals surface area contributed by atoms with Crippen molar-refractivity contribution in [3.8, 4) is 10.4 Å². The van der Waals surface area contributed by atoms with E-state index in [1.54, 1.807) is 29.3 Å². The number of aromatic nitrogens is 3. The van der Waals surface area contributed by atoms with Crippen LogP contribution in [0.2, 0.25) is 0 Å². The zero-order valence-corrected chi connectivity index (χ0v) is 9.02. The van der Waals surface area contributed by atoms with Crippen molar-refractivity contribution < 1.29 is 4.79 Å². The summed E-state index contributed by atoms with van der Waals surface area (Å²) in [5.74, 6) is 0. The molecule has 0 amide bonds. The molecule has 0 fully saturated rings. The van der Waals surface area contributed by atoms with Crippen LogP contribution in [0.15, 0.2) is 37.1 Å². The molecule has 0 unspecified atom stereocenters. The number of carbonyl (C=O) groups is 1. The fraction of sp³-hybridized carbons (Fsp3) is 0. The zero-order valence-electron chi connectivity index (χ0n) is 8.20. The predicted octanol–water partition coefficient (Wildman–Crippen LogP) is 2.27. The second kappa shape index (κ2) is 3.53. The van der Waals surface area contributed by atoms with Crippen molar-refractivity contribution in [2.24, 2.45) is 0 Å². The maximum Gasteiger partial charge on any atom is 0.168 e. The molecule has 5 heteroatoms. The normalized spacial score (nSPS) is 10.8. The number of carbonyl (C=O) groups excluding carboxylic acids is 1. The lowest BCUT2D eigenvalue weighted by molar-refractivity contribution is 0.111. The van der Waals surface area contributed by atoms with E-state index in [1.807, 2.05) is 12.1 Å². The summed E-state index contributed by atoms with van der Waals surface area (Å²) < 4.78 is 1.79. The molecular weight excluding hydrogens is 222 g/mol. The van der Waals surface area contributed by atoms with Crippen molar-refractivity contribution in [2.45, 2.75) is 0 Å². The summed E-state index contributed by atoms with van der Waals surface area (Å²) in [7, 11) is 0. The van der Waals surface area contributed by atoms with Gasteiger partial charge in [-0.2, -0.15) is 0 Å². The predicted molar refractivity (Wildman–Crippen MR) is 61.7 cm³/mol. The van der Waals surface area contributed by atoms with Gasteiger partial charge in [0, 0.05) is 18.0 Å². The Morgan fingerprint density at radius 3 is 3.00 bits per heavy atom. The van der Waals surface area contributed by atoms with Crippen LogP contribution in [0.1, 0.15) is 10.5 Å². The number of thiazole rings is 1. The van der Waals surface area contributed by atoms with Gasteiger partial charge < -0.3 is 0 Å². The number of aldehydes is 1. The molecule has 4 nitrogen and oxygen atoms in total.